The molecule has 0 saturated heterocycles. The van der Waals surface area contributed by atoms with Gasteiger partial charge >= 0.3 is 0 Å². The van der Waals surface area contributed by atoms with E-state index in [0.29, 0.717) is 28.3 Å². The fourth-order valence-corrected chi connectivity index (χ4v) is 5.05. The summed E-state index contributed by atoms with van der Waals surface area (Å²) in [5.74, 6) is 0.832. The molecule has 40 heavy (non-hydrogen) atoms. The van der Waals surface area contributed by atoms with Crippen LogP contribution in [0.25, 0.3) is 49.7 Å². The predicted octanol–water partition coefficient (Wildman–Crippen LogP) is 8.14. The Morgan fingerprint density at radius 1 is 1.00 bits per heavy atom. The standard InChI is InChI=1S/C33H28N5O.Pt/c1-19(2)25-17-26(20(3)4)32(39)28(31(25)35-5)33-37-30-24(13-8-14-27(30)38(33)6)21-10-7-11-22(16-21)29-23(18-34)12-9-15-36-29;/h7-15,17,19-20,39H,1-4,6H3;/q-1;. The largest absolute Gasteiger partial charge is 0.508 e. The van der Waals surface area contributed by atoms with Crippen molar-refractivity contribution in [3.63, 3.8) is 0 Å². The third-order valence-corrected chi connectivity index (χ3v) is 7.09. The molecular weight excluding hydrogens is 677 g/mol. The van der Waals surface area contributed by atoms with Crippen molar-refractivity contribution in [2.24, 2.45) is 7.05 Å². The molecule has 5 rings (SSSR count). The molecule has 2 aromatic heterocycles. The summed E-state index contributed by atoms with van der Waals surface area (Å²) in [6, 6.07) is 22.8. The van der Waals surface area contributed by atoms with E-state index in [9.17, 15) is 10.4 Å². The van der Waals surface area contributed by atoms with E-state index >= 15 is 0 Å². The zero-order valence-electron chi connectivity index (χ0n) is 22.9. The molecule has 0 spiro atoms. The molecule has 5 aromatic rings. The fraction of sp³-hybridized carbons (Fsp3) is 0.212. The molecule has 202 valence electrons. The molecule has 0 fully saturated rings. The van der Waals surface area contributed by atoms with Crippen LogP contribution in [0, 0.1) is 24.0 Å². The Hall–Kier alpha value is -4.25. The van der Waals surface area contributed by atoms with Gasteiger partial charge in [0.2, 0.25) is 5.69 Å². The van der Waals surface area contributed by atoms with Crippen LogP contribution in [0.1, 0.15) is 56.2 Å². The number of fused-ring (bicyclic) bond motifs is 1. The zero-order valence-corrected chi connectivity index (χ0v) is 25.2. The molecule has 0 aliphatic heterocycles. The molecule has 2 heterocycles. The number of rotatable bonds is 5. The second-order valence-corrected chi connectivity index (χ2v) is 10.2. The van der Waals surface area contributed by atoms with Gasteiger partial charge in [0.05, 0.1) is 29.2 Å². The Morgan fingerprint density at radius 2 is 1.70 bits per heavy atom. The van der Waals surface area contributed by atoms with Gasteiger partial charge in [-0.25, -0.2) is 9.83 Å². The molecule has 0 aliphatic rings. The summed E-state index contributed by atoms with van der Waals surface area (Å²) in [5, 5.41) is 21.0. The first kappa shape index (κ1) is 28.7. The number of aromatic nitrogens is 3. The van der Waals surface area contributed by atoms with Crippen LogP contribution in [0.3, 0.4) is 0 Å². The third-order valence-electron chi connectivity index (χ3n) is 7.09. The summed E-state index contributed by atoms with van der Waals surface area (Å²) in [7, 11) is 1.91. The van der Waals surface area contributed by atoms with Gasteiger partial charge in [0.15, 0.2) is 0 Å². The third kappa shape index (κ3) is 4.81. The minimum absolute atomic E-state index is 0. The molecule has 7 heteroatoms. The van der Waals surface area contributed by atoms with E-state index in [4.69, 9.17) is 11.6 Å². The van der Waals surface area contributed by atoms with Crippen molar-refractivity contribution in [1.82, 2.24) is 14.5 Å². The molecule has 0 atom stereocenters. The van der Waals surface area contributed by atoms with Crippen LogP contribution in [0.5, 0.6) is 5.75 Å². The van der Waals surface area contributed by atoms with Gasteiger partial charge in [-0.2, -0.15) is 5.26 Å². The smallest absolute Gasteiger partial charge is 0.205 e. The summed E-state index contributed by atoms with van der Waals surface area (Å²) >= 11 is 0. The molecule has 0 radical (unpaired) electrons. The maximum atomic E-state index is 11.4. The van der Waals surface area contributed by atoms with Gasteiger partial charge in [0.1, 0.15) is 11.6 Å². The van der Waals surface area contributed by atoms with Gasteiger partial charge in [-0.15, -0.1) is 29.8 Å². The molecule has 6 nitrogen and oxygen atoms in total. The molecule has 0 bridgehead atoms. The molecule has 1 N–H and O–H groups in total. The number of nitriles is 1. The van der Waals surface area contributed by atoms with Crippen molar-refractivity contribution in [3.8, 4) is 45.6 Å². The Morgan fingerprint density at radius 3 is 2.38 bits per heavy atom. The van der Waals surface area contributed by atoms with Crippen LogP contribution in [-0.4, -0.2) is 19.6 Å². The predicted molar refractivity (Wildman–Crippen MR) is 154 cm³/mol. The van der Waals surface area contributed by atoms with Gasteiger partial charge in [-0.05, 0) is 41.2 Å². The van der Waals surface area contributed by atoms with Crippen molar-refractivity contribution >= 4 is 16.7 Å². The summed E-state index contributed by atoms with van der Waals surface area (Å²) in [4.78, 5) is 13.3. The first-order valence-corrected chi connectivity index (χ1v) is 12.9. The second-order valence-electron chi connectivity index (χ2n) is 10.2. The second kappa shape index (κ2) is 11.5. The van der Waals surface area contributed by atoms with E-state index in [1.165, 1.54) is 0 Å². The van der Waals surface area contributed by atoms with Crippen LogP contribution in [-0.2, 0) is 28.1 Å². The Balaban J connectivity index is 0.00000370. The molecule has 0 saturated carbocycles. The van der Waals surface area contributed by atoms with Crippen molar-refractivity contribution in [3.05, 3.63) is 95.0 Å². The molecular formula is C33H28N5OPt-. The average Bonchev–Trinajstić information content (AvgIpc) is 3.28. The zero-order chi connectivity index (χ0) is 27.8. The number of benzene rings is 3. The van der Waals surface area contributed by atoms with E-state index in [1.54, 1.807) is 18.3 Å². The molecule has 3 aromatic carbocycles. The minimum atomic E-state index is 0. The van der Waals surface area contributed by atoms with E-state index in [1.807, 2.05) is 67.9 Å². The molecule has 0 amide bonds. The summed E-state index contributed by atoms with van der Waals surface area (Å²) < 4.78 is 1.94. The minimum Gasteiger partial charge on any atom is -0.508 e. The van der Waals surface area contributed by atoms with Crippen LogP contribution >= 0.6 is 0 Å². The first-order valence-electron chi connectivity index (χ1n) is 12.9. The van der Waals surface area contributed by atoms with E-state index in [-0.39, 0.29) is 38.7 Å². The number of phenols is 1. The summed E-state index contributed by atoms with van der Waals surface area (Å²) in [6.07, 6.45) is 1.67. The molecule has 0 unspecified atom stereocenters. The van der Waals surface area contributed by atoms with Gasteiger partial charge in [-0.1, -0.05) is 57.0 Å². The topological polar surface area (TPSA) is 79.1 Å². The fourth-order valence-electron chi connectivity index (χ4n) is 5.05. The van der Waals surface area contributed by atoms with E-state index in [0.717, 1.165) is 38.9 Å². The van der Waals surface area contributed by atoms with E-state index < -0.39 is 0 Å². The van der Waals surface area contributed by atoms with Crippen LogP contribution in [0.4, 0.5) is 5.69 Å². The van der Waals surface area contributed by atoms with Crippen molar-refractivity contribution in [2.45, 2.75) is 39.5 Å². The number of para-hydroxylation sites is 1. The monoisotopic (exact) mass is 705 g/mol. The first-order chi connectivity index (χ1) is 18.8. The SMILES string of the molecule is [C-]#[N+]c1c(C(C)C)cc(C(C)C)c(O)c1-c1nc2c(-c3[c-]c(-c4ncccc4C#N)ccc3)cccc2n1C.[Pt]. The number of nitrogens with zero attached hydrogens (tertiary/aromatic N) is 5. The number of aryl methyl sites for hydroxylation is 1. The number of hydrogen-bond donors (Lipinski definition) is 1. The normalized spacial score (nSPS) is 10.9. The maximum Gasteiger partial charge on any atom is 0.205 e. The number of phenolic OH excluding ortho intramolecular Hbond substituents is 1. The number of imidazole rings is 1. The van der Waals surface area contributed by atoms with Gasteiger partial charge < -0.3 is 9.67 Å². The quantitative estimate of drug-likeness (QED) is 0.187. The van der Waals surface area contributed by atoms with Gasteiger partial charge in [-0.3, -0.25) is 4.98 Å². The Kier molecular flexibility index (Phi) is 8.24. The van der Waals surface area contributed by atoms with Gasteiger partial charge in [0.25, 0.3) is 0 Å². The van der Waals surface area contributed by atoms with Crippen molar-refractivity contribution in [2.75, 3.05) is 0 Å². The Bertz CT molecular complexity index is 1820. The van der Waals surface area contributed by atoms with Crippen LogP contribution in [0.2, 0.25) is 0 Å². The van der Waals surface area contributed by atoms with Crippen molar-refractivity contribution in [1.29, 1.82) is 5.26 Å². The average molecular weight is 706 g/mol. The Labute approximate surface area is 249 Å². The molecule has 0 aliphatic carbocycles. The summed E-state index contributed by atoms with van der Waals surface area (Å²) in [5.41, 5.74) is 7.66. The maximum absolute atomic E-state index is 11.4. The number of pyridine rings is 1. The van der Waals surface area contributed by atoms with Crippen LogP contribution in [0.15, 0.2) is 60.8 Å². The number of aromatic hydroxyl groups is 1. The number of hydrogen-bond acceptors (Lipinski definition) is 4. The van der Waals surface area contributed by atoms with Crippen molar-refractivity contribution < 1.29 is 26.2 Å². The van der Waals surface area contributed by atoms with Gasteiger partial charge in [0, 0.05) is 45.6 Å². The summed E-state index contributed by atoms with van der Waals surface area (Å²) in [6.45, 7) is 16.2. The van der Waals surface area contributed by atoms with Crippen LogP contribution < -0.4 is 0 Å². The van der Waals surface area contributed by atoms with E-state index in [2.05, 4.69) is 35.8 Å².